The maximum absolute atomic E-state index is 11.1. The van der Waals surface area contributed by atoms with E-state index in [1.807, 2.05) is 0 Å². The highest BCUT2D eigenvalue weighted by molar-refractivity contribution is 5.87. The van der Waals surface area contributed by atoms with Crippen LogP contribution in [-0.4, -0.2) is 74.0 Å². The highest BCUT2D eigenvalue weighted by Gasteiger charge is 2.11. The largest absolute Gasteiger partial charge is 0.460 e. The highest BCUT2D eigenvalue weighted by atomic mass is 17.2. The van der Waals surface area contributed by atoms with Gasteiger partial charge in [0.05, 0.1) is 13.2 Å². The summed E-state index contributed by atoms with van der Waals surface area (Å²) < 4.78 is 14.6. The van der Waals surface area contributed by atoms with Crippen molar-refractivity contribution in [2.45, 2.75) is 26.1 Å². The highest BCUT2D eigenvalue weighted by Crippen LogP contribution is 1.96. The van der Waals surface area contributed by atoms with Gasteiger partial charge in [-0.05, 0) is 13.8 Å². The molecular weight excluding hydrogens is 336 g/mol. The summed E-state index contributed by atoms with van der Waals surface area (Å²) in [7, 11) is 0. The van der Waals surface area contributed by atoms with Crippen LogP contribution >= 0.6 is 0 Å². The first kappa shape index (κ1) is 23.2. The van der Waals surface area contributed by atoms with Crippen molar-refractivity contribution in [1.29, 1.82) is 0 Å². The Balaban J connectivity index is 3.51. The quantitative estimate of drug-likeness (QED) is 0.144. The maximum Gasteiger partial charge on any atom is 0.333 e. The molecule has 0 rings (SSSR count). The average molecular weight is 362 g/mol. The Kier molecular flexibility index (Phi) is 12.5. The molecule has 0 aliphatic carbocycles. The van der Waals surface area contributed by atoms with Gasteiger partial charge in [-0.25, -0.2) is 19.4 Å². The topological polar surface area (TPSA) is 121 Å². The zero-order valence-electron chi connectivity index (χ0n) is 14.6. The molecule has 0 saturated heterocycles. The lowest BCUT2D eigenvalue weighted by atomic mass is 10.3. The molecule has 0 aromatic rings. The zero-order valence-corrected chi connectivity index (χ0v) is 14.6. The van der Waals surface area contributed by atoms with Crippen LogP contribution < -0.4 is 0 Å². The van der Waals surface area contributed by atoms with E-state index in [0.717, 1.165) is 0 Å². The minimum absolute atomic E-state index is 0.0493. The van der Waals surface area contributed by atoms with Gasteiger partial charge in [-0.15, -0.1) is 0 Å². The fourth-order valence-corrected chi connectivity index (χ4v) is 1.18. The number of aliphatic hydroxyl groups excluding tert-OH is 2. The van der Waals surface area contributed by atoms with E-state index in [0.29, 0.717) is 0 Å². The third kappa shape index (κ3) is 13.2. The van der Waals surface area contributed by atoms with Crippen molar-refractivity contribution >= 4 is 11.9 Å². The van der Waals surface area contributed by atoms with E-state index in [4.69, 9.17) is 24.0 Å². The summed E-state index contributed by atoms with van der Waals surface area (Å²) in [6.07, 6.45) is -2.00. The second-order valence-electron chi connectivity index (χ2n) is 5.25. The van der Waals surface area contributed by atoms with E-state index in [1.54, 1.807) is 0 Å². The Morgan fingerprint density at radius 1 is 0.800 bits per heavy atom. The number of ether oxygens (including phenoxy) is 3. The number of aliphatic hydroxyl groups is 2. The van der Waals surface area contributed by atoms with Gasteiger partial charge in [0, 0.05) is 11.1 Å². The van der Waals surface area contributed by atoms with Crippen LogP contribution in [0.2, 0.25) is 0 Å². The van der Waals surface area contributed by atoms with Gasteiger partial charge in [-0.1, -0.05) is 13.2 Å². The molecule has 0 saturated carbocycles. The molecule has 9 nitrogen and oxygen atoms in total. The summed E-state index contributed by atoms with van der Waals surface area (Å²) in [5.74, 6) is -1.18. The van der Waals surface area contributed by atoms with Crippen molar-refractivity contribution in [3.8, 4) is 0 Å². The van der Waals surface area contributed by atoms with Crippen molar-refractivity contribution in [2.75, 3.05) is 39.6 Å². The Morgan fingerprint density at radius 3 is 1.76 bits per heavy atom. The van der Waals surface area contributed by atoms with Crippen molar-refractivity contribution in [2.24, 2.45) is 0 Å². The second kappa shape index (κ2) is 13.5. The first-order valence-electron chi connectivity index (χ1n) is 7.57. The number of esters is 2. The average Bonchev–Trinajstić information content (AvgIpc) is 2.56. The van der Waals surface area contributed by atoms with E-state index in [2.05, 4.69) is 13.2 Å². The Hall–Kier alpha value is -1.78. The monoisotopic (exact) mass is 362 g/mol. The summed E-state index contributed by atoms with van der Waals surface area (Å²) in [6, 6.07) is 0. The molecule has 0 aromatic carbocycles. The molecule has 0 aromatic heterocycles. The summed E-state index contributed by atoms with van der Waals surface area (Å²) in [6.45, 7) is 9.31. The molecule has 0 fully saturated rings. The van der Waals surface area contributed by atoms with Crippen LogP contribution in [0.3, 0.4) is 0 Å². The molecule has 0 aliphatic heterocycles. The third-order valence-electron chi connectivity index (χ3n) is 2.48. The van der Waals surface area contributed by atoms with Gasteiger partial charge in [0.15, 0.2) is 0 Å². The lowest BCUT2D eigenvalue weighted by Gasteiger charge is -2.13. The third-order valence-corrected chi connectivity index (χ3v) is 2.48. The SMILES string of the molecule is C=C(C)C(=O)OCC(O)COCCOOCC(O)COC(=O)C(=C)C. The van der Waals surface area contributed by atoms with Crippen LogP contribution in [0.1, 0.15) is 13.8 Å². The van der Waals surface area contributed by atoms with Gasteiger partial charge in [0.1, 0.15) is 38.6 Å². The van der Waals surface area contributed by atoms with E-state index in [-0.39, 0.29) is 50.8 Å². The predicted octanol–water partition coefficient (Wildman–Crippen LogP) is -0.0884. The van der Waals surface area contributed by atoms with E-state index in [9.17, 15) is 19.8 Å². The molecule has 144 valence electrons. The Bertz CT molecular complexity index is 407. The van der Waals surface area contributed by atoms with Crippen molar-refractivity contribution in [3.05, 3.63) is 24.3 Å². The first-order chi connectivity index (χ1) is 11.7. The standard InChI is InChI=1S/C16H26O9/c1-11(2)15(19)22-8-13(17)7-21-5-6-24-25-10-14(18)9-23-16(20)12(3)4/h13-14,17-18H,1,3,5-10H2,2,4H3. The first-order valence-corrected chi connectivity index (χ1v) is 7.57. The molecule has 0 amide bonds. The van der Waals surface area contributed by atoms with Crippen LogP contribution in [0.5, 0.6) is 0 Å². The summed E-state index contributed by atoms with van der Waals surface area (Å²) >= 11 is 0. The zero-order chi connectivity index (χ0) is 19.2. The molecule has 0 heterocycles. The van der Waals surface area contributed by atoms with Crippen LogP contribution in [-0.2, 0) is 33.6 Å². The molecular formula is C16H26O9. The fourth-order valence-electron chi connectivity index (χ4n) is 1.18. The molecule has 0 radical (unpaired) electrons. The van der Waals surface area contributed by atoms with Crippen molar-refractivity contribution in [1.82, 2.24) is 0 Å². The smallest absolute Gasteiger partial charge is 0.333 e. The summed E-state index contributed by atoms with van der Waals surface area (Å²) in [5.41, 5.74) is 0.480. The Labute approximate surface area is 146 Å². The van der Waals surface area contributed by atoms with Crippen molar-refractivity contribution in [3.63, 3.8) is 0 Å². The van der Waals surface area contributed by atoms with Gasteiger partial charge in [-0.3, -0.25) is 0 Å². The predicted molar refractivity (Wildman–Crippen MR) is 86.3 cm³/mol. The van der Waals surface area contributed by atoms with E-state index >= 15 is 0 Å². The van der Waals surface area contributed by atoms with Gasteiger partial charge in [0.25, 0.3) is 0 Å². The molecule has 25 heavy (non-hydrogen) atoms. The molecule has 0 bridgehead atoms. The molecule has 2 atom stereocenters. The second-order valence-corrected chi connectivity index (χ2v) is 5.25. The number of hydrogen-bond acceptors (Lipinski definition) is 9. The lowest BCUT2D eigenvalue weighted by molar-refractivity contribution is -0.310. The van der Waals surface area contributed by atoms with Gasteiger partial charge < -0.3 is 24.4 Å². The van der Waals surface area contributed by atoms with Crippen LogP contribution in [0.4, 0.5) is 0 Å². The van der Waals surface area contributed by atoms with Crippen LogP contribution in [0.15, 0.2) is 24.3 Å². The maximum atomic E-state index is 11.1. The summed E-state index contributed by atoms with van der Waals surface area (Å²) in [5, 5.41) is 19.0. The number of rotatable bonds is 14. The Morgan fingerprint density at radius 2 is 1.28 bits per heavy atom. The van der Waals surface area contributed by atoms with Crippen molar-refractivity contribution < 1.29 is 43.8 Å². The molecule has 2 unspecified atom stereocenters. The molecule has 2 N–H and O–H groups in total. The number of carbonyl (C=O) groups excluding carboxylic acids is 2. The molecule has 0 spiro atoms. The van der Waals surface area contributed by atoms with E-state index in [1.165, 1.54) is 13.8 Å². The van der Waals surface area contributed by atoms with Crippen LogP contribution in [0.25, 0.3) is 0 Å². The number of carbonyl (C=O) groups is 2. The lowest BCUT2D eigenvalue weighted by Crippen LogP contribution is -2.25. The number of hydrogen-bond donors (Lipinski definition) is 2. The minimum Gasteiger partial charge on any atom is -0.460 e. The minimum atomic E-state index is -1.03. The summed E-state index contributed by atoms with van der Waals surface area (Å²) in [4.78, 5) is 31.7. The van der Waals surface area contributed by atoms with Crippen LogP contribution in [0, 0.1) is 0 Å². The molecule has 0 aliphatic rings. The van der Waals surface area contributed by atoms with Gasteiger partial charge in [-0.2, -0.15) is 0 Å². The van der Waals surface area contributed by atoms with Gasteiger partial charge >= 0.3 is 11.9 Å². The molecule has 9 heteroatoms. The van der Waals surface area contributed by atoms with Gasteiger partial charge in [0.2, 0.25) is 0 Å². The fraction of sp³-hybridized carbons (Fsp3) is 0.625. The van der Waals surface area contributed by atoms with E-state index < -0.39 is 24.1 Å². The normalized spacial score (nSPS) is 13.0.